The number of rotatable bonds is 4. The van der Waals surface area contributed by atoms with Gasteiger partial charge in [-0.2, -0.15) is 0 Å². The van der Waals surface area contributed by atoms with Crippen LogP contribution in [-0.2, 0) is 6.42 Å². The molecule has 1 unspecified atom stereocenters. The fourth-order valence-electron chi connectivity index (χ4n) is 1.64. The summed E-state index contributed by atoms with van der Waals surface area (Å²) in [5.74, 6) is 5.58. The van der Waals surface area contributed by atoms with Gasteiger partial charge in [0.1, 0.15) is 0 Å². The van der Waals surface area contributed by atoms with E-state index < -0.39 is 0 Å². The summed E-state index contributed by atoms with van der Waals surface area (Å²) in [6, 6.07) is 3.53. The van der Waals surface area contributed by atoms with Crippen LogP contribution >= 0.6 is 46.1 Å². The summed E-state index contributed by atoms with van der Waals surface area (Å²) in [6.45, 7) is 0. The van der Waals surface area contributed by atoms with Crippen molar-refractivity contribution in [2.45, 2.75) is 12.5 Å². The monoisotopic (exact) mass is 321 g/mol. The third kappa shape index (κ3) is 3.15. The second kappa shape index (κ2) is 6.19. The van der Waals surface area contributed by atoms with Gasteiger partial charge in [0.15, 0.2) is 0 Å². The number of nitrogens with zero attached hydrogens (tertiary/aromatic N) is 1. The van der Waals surface area contributed by atoms with Gasteiger partial charge < -0.3 is 0 Å². The van der Waals surface area contributed by atoms with Crippen molar-refractivity contribution in [3.05, 3.63) is 49.3 Å². The van der Waals surface area contributed by atoms with E-state index in [1.54, 1.807) is 12.4 Å². The molecule has 0 radical (unpaired) electrons. The third-order valence-electron chi connectivity index (χ3n) is 2.54. The van der Waals surface area contributed by atoms with Crippen LogP contribution in [0.4, 0.5) is 0 Å². The molecule has 96 valence electrons. The zero-order chi connectivity index (χ0) is 13.1. The zero-order valence-corrected chi connectivity index (χ0v) is 12.2. The number of pyridine rings is 1. The molecular formula is C11H10Cl3N3S. The van der Waals surface area contributed by atoms with E-state index in [4.69, 9.17) is 40.6 Å². The first-order chi connectivity index (χ1) is 8.61. The predicted octanol–water partition coefficient (Wildman–Crippen LogP) is 3.85. The molecule has 0 aromatic carbocycles. The number of hydrazine groups is 1. The molecular weight excluding hydrogens is 313 g/mol. The second-order valence-electron chi connectivity index (χ2n) is 3.67. The Morgan fingerprint density at radius 1 is 1.39 bits per heavy atom. The number of hydrogen-bond acceptors (Lipinski definition) is 4. The first-order valence-corrected chi connectivity index (χ1v) is 7.06. The van der Waals surface area contributed by atoms with Crippen LogP contribution in [0, 0.1) is 0 Å². The van der Waals surface area contributed by atoms with Gasteiger partial charge in [0.05, 0.1) is 19.7 Å². The average Bonchev–Trinajstić information content (AvgIpc) is 2.67. The summed E-state index contributed by atoms with van der Waals surface area (Å²) in [5.41, 5.74) is 4.56. The molecule has 0 saturated carbocycles. The van der Waals surface area contributed by atoms with Gasteiger partial charge in [-0.15, -0.1) is 11.3 Å². The Morgan fingerprint density at radius 3 is 2.72 bits per heavy atom. The predicted molar refractivity (Wildman–Crippen MR) is 77.4 cm³/mol. The number of nitrogens with two attached hydrogens (primary N) is 1. The molecule has 2 aromatic rings. The summed E-state index contributed by atoms with van der Waals surface area (Å²) >= 11 is 19.4. The lowest BCUT2D eigenvalue weighted by Gasteiger charge is -2.16. The van der Waals surface area contributed by atoms with Gasteiger partial charge >= 0.3 is 0 Å². The molecule has 0 saturated heterocycles. The molecule has 7 heteroatoms. The van der Waals surface area contributed by atoms with E-state index in [2.05, 4.69) is 10.4 Å². The van der Waals surface area contributed by atoms with Crippen LogP contribution < -0.4 is 11.3 Å². The Balaban J connectivity index is 2.25. The highest BCUT2D eigenvalue weighted by Gasteiger charge is 2.18. The van der Waals surface area contributed by atoms with Crippen molar-refractivity contribution in [1.29, 1.82) is 0 Å². The minimum absolute atomic E-state index is 0.138. The van der Waals surface area contributed by atoms with Crippen molar-refractivity contribution in [3.63, 3.8) is 0 Å². The molecule has 0 aliphatic carbocycles. The maximum absolute atomic E-state index is 6.12. The molecule has 0 fully saturated rings. The molecule has 0 spiro atoms. The minimum atomic E-state index is -0.138. The normalized spacial score (nSPS) is 12.7. The highest BCUT2D eigenvalue weighted by molar-refractivity contribution is 7.20. The van der Waals surface area contributed by atoms with E-state index in [-0.39, 0.29) is 6.04 Å². The van der Waals surface area contributed by atoms with Crippen molar-refractivity contribution >= 4 is 46.1 Å². The fraction of sp³-hybridized carbons (Fsp3) is 0.182. The lowest BCUT2D eigenvalue weighted by Crippen LogP contribution is -2.29. The Labute approximate surface area is 124 Å². The quantitative estimate of drug-likeness (QED) is 0.664. The van der Waals surface area contributed by atoms with Crippen molar-refractivity contribution in [2.24, 2.45) is 5.84 Å². The molecule has 1 atom stereocenters. The highest BCUT2D eigenvalue weighted by Crippen LogP contribution is 2.36. The Morgan fingerprint density at radius 2 is 2.17 bits per heavy atom. The van der Waals surface area contributed by atoms with Gasteiger partial charge in [0, 0.05) is 18.0 Å². The van der Waals surface area contributed by atoms with E-state index in [0.717, 1.165) is 11.1 Å². The molecule has 0 amide bonds. The van der Waals surface area contributed by atoms with Crippen LogP contribution in [0.3, 0.4) is 0 Å². The molecule has 3 nitrogen and oxygen atoms in total. The van der Waals surface area contributed by atoms with Crippen molar-refractivity contribution < 1.29 is 0 Å². The van der Waals surface area contributed by atoms with Gasteiger partial charge in [-0.25, -0.2) is 0 Å². The van der Waals surface area contributed by atoms with Crippen LogP contribution in [0.1, 0.15) is 17.2 Å². The lowest BCUT2D eigenvalue weighted by molar-refractivity contribution is 0.553. The van der Waals surface area contributed by atoms with Crippen molar-refractivity contribution in [1.82, 2.24) is 10.4 Å². The van der Waals surface area contributed by atoms with Crippen LogP contribution in [0.5, 0.6) is 0 Å². The Bertz CT molecular complexity index is 544. The number of halogens is 3. The van der Waals surface area contributed by atoms with Gasteiger partial charge in [-0.05, 0) is 24.1 Å². The van der Waals surface area contributed by atoms with Crippen LogP contribution in [0.15, 0.2) is 24.5 Å². The van der Waals surface area contributed by atoms with Crippen LogP contribution in [0.2, 0.25) is 13.7 Å². The smallest absolute Gasteiger partial charge is 0.0992 e. The van der Waals surface area contributed by atoms with E-state index in [0.29, 0.717) is 20.1 Å². The summed E-state index contributed by atoms with van der Waals surface area (Å²) < 4.78 is 1.27. The van der Waals surface area contributed by atoms with Crippen molar-refractivity contribution in [2.75, 3.05) is 0 Å². The maximum Gasteiger partial charge on any atom is 0.0992 e. The molecule has 2 aromatic heterocycles. The number of thiophene rings is 1. The third-order valence-corrected chi connectivity index (χ3v) is 4.40. The highest BCUT2D eigenvalue weighted by atomic mass is 35.5. The largest absolute Gasteiger partial charge is 0.271 e. The van der Waals surface area contributed by atoms with Crippen LogP contribution in [0.25, 0.3) is 0 Å². The maximum atomic E-state index is 6.12. The van der Waals surface area contributed by atoms with Gasteiger partial charge in [-0.3, -0.25) is 16.3 Å². The zero-order valence-electron chi connectivity index (χ0n) is 9.16. The van der Waals surface area contributed by atoms with Gasteiger partial charge in [-0.1, -0.05) is 34.8 Å². The summed E-state index contributed by atoms with van der Waals surface area (Å²) in [4.78, 5) is 3.94. The molecule has 0 aliphatic heterocycles. The standard InChI is InChI=1S/C11H10Cl3N3S/c12-8-5-16-2-1-6(8)3-9(17-15)7-4-10(13)18-11(7)14/h1-2,4-5,9,17H,3,15H2. The van der Waals surface area contributed by atoms with E-state index in [1.807, 2.05) is 12.1 Å². The van der Waals surface area contributed by atoms with Gasteiger partial charge in [0.2, 0.25) is 0 Å². The Hall–Kier alpha value is -0.360. The number of hydrogen-bond donors (Lipinski definition) is 2. The van der Waals surface area contributed by atoms with Crippen molar-refractivity contribution in [3.8, 4) is 0 Å². The minimum Gasteiger partial charge on any atom is -0.271 e. The summed E-state index contributed by atoms with van der Waals surface area (Å²) in [6.07, 6.45) is 3.91. The summed E-state index contributed by atoms with van der Waals surface area (Å²) in [7, 11) is 0. The number of nitrogens with one attached hydrogen (secondary N) is 1. The first kappa shape index (κ1) is 14.1. The topological polar surface area (TPSA) is 50.9 Å². The second-order valence-corrected chi connectivity index (χ2v) is 6.36. The molecule has 18 heavy (non-hydrogen) atoms. The molecule has 0 aliphatic rings. The first-order valence-electron chi connectivity index (χ1n) is 5.11. The SMILES string of the molecule is NNC(Cc1ccncc1Cl)c1cc(Cl)sc1Cl. The van der Waals surface area contributed by atoms with Crippen LogP contribution in [-0.4, -0.2) is 4.98 Å². The van der Waals surface area contributed by atoms with E-state index in [9.17, 15) is 0 Å². The molecule has 3 N–H and O–H groups in total. The Kier molecular flexibility index (Phi) is 4.84. The summed E-state index contributed by atoms with van der Waals surface area (Å²) in [5, 5.41) is 0.607. The van der Waals surface area contributed by atoms with E-state index >= 15 is 0 Å². The van der Waals surface area contributed by atoms with Gasteiger partial charge in [0.25, 0.3) is 0 Å². The molecule has 2 rings (SSSR count). The fourth-order valence-corrected chi connectivity index (χ4v) is 3.41. The number of aromatic nitrogens is 1. The lowest BCUT2D eigenvalue weighted by atomic mass is 10.0. The molecule has 0 bridgehead atoms. The molecule has 2 heterocycles. The van der Waals surface area contributed by atoms with E-state index in [1.165, 1.54) is 11.3 Å². The average molecular weight is 323 g/mol.